The molecule has 0 spiro atoms. The van der Waals surface area contributed by atoms with Crippen molar-refractivity contribution in [3.63, 3.8) is 0 Å². The van der Waals surface area contributed by atoms with Gasteiger partial charge in [-0.1, -0.05) is 19.8 Å². The van der Waals surface area contributed by atoms with Gasteiger partial charge in [-0.05, 0) is 19.4 Å². The van der Waals surface area contributed by atoms with E-state index in [2.05, 4.69) is 21.8 Å². The Kier molecular flexibility index (Phi) is 5.86. The van der Waals surface area contributed by atoms with E-state index < -0.39 is 5.92 Å². The predicted octanol–water partition coefficient (Wildman–Crippen LogP) is 1.52. The molecule has 6 nitrogen and oxygen atoms in total. The first kappa shape index (κ1) is 16.4. The van der Waals surface area contributed by atoms with Crippen LogP contribution in [0.3, 0.4) is 0 Å². The van der Waals surface area contributed by atoms with Crippen LogP contribution in [-0.2, 0) is 9.59 Å². The number of rotatable bonds is 6. The number of anilines is 1. The van der Waals surface area contributed by atoms with Gasteiger partial charge in [-0.2, -0.15) is 0 Å². The van der Waals surface area contributed by atoms with E-state index in [0.717, 1.165) is 12.8 Å². The van der Waals surface area contributed by atoms with Gasteiger partial charge >= 0.3 is 0 Å². The number of nitrogens with zero attached hydrogens (tertiary/aromatic N) is 4. The summed E-state index contributed by atoms with van der Waals surface area (Å²) in [6.45, 7) is 6.23. The summed E-state index contributed by atoms with van der Waals surface area (Å²) in [5.74, 6) is 0.185. The number of hydrogen-bond donors (Lipinski definition) is 0. The molecular formula is C16H24N4O2. The Labute approximate surface area is 131 Å². The number of hydrogen-bond acceptors (Lipinski definition) is 5. The van der Waals surface area contributed by atoms with Gasteiger partial charge in [0.2, 0.25) is 11.9 Å². The largest absolute Gasteiger partial charge is 0.339 e. The maximum absolute atomic E-state index is 12.5. The highest BCUT2D eigenvalue weighted by Gasteiger charge is 2.30. The van der Waals surface area contributed by atoms with Crippen molar-refractivity contribution in [1.29, 1.82) is 0 Å². The molecule has 1 amide bonds. The lowest BCUT2D eigenvalue weighted by atomic mass is 9.96. The lowest BCUT2D eigenvalue weighted by Gasteiger charge is -2.36. The molecule has 0 N–H and O–H groups in total. The topological polar surface area (TPSA) is 66.4 Å². The molecule has 1 aliphatic heterocycles. The molecular weight excluding hydrogens is 280 g/mol. The lowest BCUT2D eigenvalue weighted by molar-refractivity contribution is -0.141. The van der Waals surface area contributed by atoms with Gasteiger partial charge < -0.3 is 9.80 Å². The molecule has 22 heavy (non-hydrogen) atoms. The number of ketones is 1. The third-order valence-corrected chi connectivity index (χ3v) is 4.06. The standard InChI is InChI=1S/C16H24N4O2/c1-3-4-6-14(13(2)21)15(22)19-9-11-20(12-10-19)16-17-7-5-8-18-16/h5,7-8,14H,3-4,6,9-12H2,1-2H3/t14-/m0/s1. The number of amides is 1. The number of Topliss-reactive ketones (excluding diaryl/α,β-unsaturated/α-hetero) is 1. The summed E-state index contributed by atoms with van der Waals surface area (Å²) < 4.78 is 0. The smallest absolute Gasteiger partial charge is 0.233 e. The fraction of sp³-hybridized carbons (Fsp3) is 0.625. The Balaban J connectivity index is 1.92. The highest BCUT2D eigenvalue weighted by atomic mass is 16.2. The monoisotopic (exact) mass is 304 g/mol. The molecule has 0 unspecified atom stereocenters. The average Bonchev–Trinajstić information content (AvgIpc) is 2.55. The van der Waals surface area contributed by atoms with Crippen LogP contribution in [0, 0.1) is 5.92 Å². The Bertz CT molecular complexity index is 498. The Morgan fingerprint density at radius 2 is 1.82 bits per heavy atom. The van der Waals surface area contributed by atoms with Crippen molar-refractivity contribution in [3.05, 3.63) is 18.5 Å². The maximum atomic E-state index is 12.5. The average molecular weight is 304 g/mol. The van der Waals surface area contributed by atoms with Gasteiger partial charge in [0.25, 0.3) is 0 Å². The minimum absolute atomic E-state index is 0.0189. The number of aromatic nitrogens is 2. The zero-order valence-electron chi connectivity index (χ0n) is 13.4. The van der Waals surface area contributed by atoms with Crippen molar-refractivity contribution < 1.29 is 9.59 Å². The lowest BCUT2D eigenvalue weighted by Crippen LogP contribution is -2.51. The van der Waals surface area contributed by atoms with Crippen molar-refractivity contribution in [3.8, 4) is 0 Å². The molecule has 2 heterocycles. The van der Waals surface area contributed by atoms with E-state index in [-0.39, 0.29) is 11.7 Å². The van der Waals surface area contributed by atoms with Crippen LogP contribution in [0.1, 0.15) is 33.1 Å². The molecule has 2 rings (SSSR count). The second-order valence-corrected chi connectivity index (χ2v) is 5.67. The van der Waals surface area contributed by atoms with E-state index in [1.54, 1.807) is 23.4 Å². The molecule has 1 aliphatic rings. The van der Waals surface area contributed by atoms with Crippen LogP contribution in [0.2, 0.25) is 0 Å². The summed E-state index contributed by atoms with van der Waals surface area (Å²) in [6.07, 6.45) is 6.00. The molecule has 1 fully saturated rings. The van der Waals surface area contributed by atoms with Crippen molar-refractivity contribution in [2.24, 2.45) is 5.92 Å². The summed E-state index contributed by atoms with van der Waals surface area (Å²) in [5.41, 5.74) is 0. The summed E-state index contributed by atoms with van der Waals surface area (Å²) in [6, 6.07) is 1.79. The summed E-state index contributed by atoms with van der Waals surface area (Å²) in [7, 11) is 0. The Hall–Kier alpha value is -1.98. The fourth-order valence-electron chi connectivity index (χ4n) is 2.71. The van der Waals surface area contributed by atoms with Gasteiger partial charge in [0.15, 0.2) is 0 Å². The molecule has 1 aromatic rings. The van der Waals surface area contributed by atoms with Crippen LogP contribution < -0.4 is 4.90 Å². The van der Waals surface area contributed by atoms with E-state index in [0.29, 0.717) is 38.5 Å². The second-order valence-electron chi connectivity index (χ2n) is 5.67. The number of piperazine rings is 1. The summed E-state index contributed by atoms with van der Waals surface area (Å²) in [5, 5.41) is 0. The van der Waals surface area contributed by atoms with Gasteiger partial charge in [-0.25, -0.2) is 9.97 Å². The van der Waals surface area contributed by atoms with Crippen LogP contribution in [0.15, 0.2) is 18.5 Å². The van der Waals surface area contributed by atoms with Crippen molar-refractivity contribution in [1.82, 2.24) is 14.9 Å². The van der Waals surface area contributed by atoms with E-state index in [9.17, 15) is 9.59 Å². The zero-order valence-corrected chi connectivity index (χ0v) is 13.4. The third-order valence-electron chi connectivity index (χ3n) is 4.06. The molecule has 0 aromatic carbocycles. The van der Waals surface area contributed by atoms with Crippen molar-refractivity contribution >= 4 is 17.6 Å². The molecule has 0 saturated carbocycles. The molecule has 1 aromatic heterocycles. The van der Waals surface area contributed by atoms with Crippen LogP contribution in [0.4, 0.5) is 5.95 Å². The molecule has 0 bridgehead atoms. The first-order valence-electron chi connectivity index (χ1n) is 7.94. The van der Waals surface area contributed by atoms with Crippen LogP contribution >= 0.6 is 0 Å². The predicted molar refractivity (Wildman–Crippen MR) is 84.5 cm³/mol. The minimum Gasteiger partial charge on any atom is -0.339 e. The number of carbonyl (C=O) groups is 2. The van der Waals surface area contributed by atoms with Crippen LogP contribution in [0.25, 0.3) is 0 Å². The van der Waals surface area contributed by atoms with Gasteiger partial charge in [0, 0.05) is 38.6 Å². The molecule has 0 radical (unpaired) electrons. The fourth-order valence-corrected chi connectivity index (χ4v) is 2.71. The molecule has 1 saturated heterocycles. The Morgan fingerprint density at radius 1 is 1.18 bits per heavy atom. The summed E-state index contributed by atoms with van der Waals surface area (Å²) >= 11 is 0. The molecule has 0 aliphatic carbocycles. The van der Waals surface area contributed by atoms with Gasteiger partial charge in [-0.15, -0.1) is 0 Å². The first-order chi connectivity index (χ1) is 10.6. The Morgan fingerprint density at radius 3 is 2.36 bits per heavy atom. The second kappa shape index (κ2) is 7.87. The third kappa shape index (κ3) is 4.02. The van der Waals surface area contributed by atoms with E-state index in [1.165, 1.54) is 6.92 Å². The quantitative estimate of drug-likeness (QED) is 0.746. The first-order valence-corrected chi connectivity index (χ1v) is 7.94. The van der Waals surface area contributed by atoms with E-state index in [4.69, 9.17) is 0 Å². The van der Waals surface area contributed by atoms with E-state index in [1.807, 2.05) is 0 Å². The van der Waals surface area contributed by atoms with Crippen LogP contribution in [0.5, 0.6) is 0 Å². The van der Waals surface area contributed by atoms with Crippen LogP contribution in [-0.4, -0.2) is 52.7 Å². The minimum atomic E-state index is -0.473. The molecule has 1 atom stereocenters. The highest BCUT2D eigenvalue weighted by molar-refractivity contribution is 6.00. The normalized spacial score (nSPS) is 16.5. The SMILES string of the molecule is CCCC[C@@H](C(C)=O)C(=O)N1CCN(c2ncccn2)CC1. The van der Waals surface area contributed by atoms with Gasteiger partial charge in [-0.3, -0.25) is 9.59 Å². The maximum Gasteiger partial charge on any atom is 0.233 e. The summed E-state index contributed by atoms with van der Waals surface area (Å²) in [4.78, 5) is 36.6. The number of carbonyl (C=O) groups excluding carboxylic acids is 2. The van der Waals surface area contributed by atoms with Gasteiger partial charge in [0.05, 0.1) is 5.92 Å². The van der Waals surface area contributed by atoms with Crippen molar-refractivity contribution in [2.75, 3.05) is 31.1 Å². The van der Waals surface area contributed by atoms with Gasteiger partial charge in [0.1, 0.15) is 5.78 Å². The highest BCUT2D eigenvalue weighted by Crippen LogP contribution is 2.16. The molecule has 6 heteroatoms. The zero-order chi connectivity index (χ0) is 15.9. The van der Waals surface area contributed by atoms with E-state index >= 15 is 0 Å². The molecule has 120 valence electrons. The van der Waals surface area contributed by atoms with Crippen molar-refractivity contribution in [2.45, 2.75) is 33.1 Å². The number of unbranched alkanes of at least 4 members (excludes halogenated alkanes) is 1.